The van der Waals surface area contributed by atoms with E-state index in [2.05, 4.69) is 0 Å². The second kappa shape index (κ2) is 4.89. The number of nitrogens with zero attached hydrogens (tertiary/aromatic N) is 1. The van der Waals surface area contributed by atoms with Gasteiger partial charge >= 0.3 is 0 Å². The zero-order chi connectivity index (χ0) is 11.4. The van der Waals surface area contributed by atoms with Gasteiger partial charge in [0.2, 0.25) is 0 Å². The largest absolute Gasteiger partial charge is 0.389 e. The molecule has 1 aromatic rings. The number of aliphatic hydroxyl groups excluding tert-OH is 2. The summed E-state index contributed by atoms with van der Waals surface area (Å²) < 4.78 is 0. The highest BCUT2D eigenvalue weighted by molar-refractivity contribution is 5.40. The Hall–Kier alpha value is -1.41. The van der Waals surface area contributed by atoms with Crippen molar-refractivity contribution in [3.8, 4) is 6.07 Å². The van der Waals surface area contributed by atoms with Crippen LogP contribution < -0.4 is 5.73 Å². The molecular weight excluding hydrogens is 192 g/mol. The van der Waals surface area contributed by atoms with Crippen LogP contribution in [-0.2, 0) is 0 Å². The number of benzene rings is 1. The summed E-state index contributed by atoms with van der Waals surface area (Å²) in [5.74, 6) is 0. The zero-order valence-electron chi connectivity index (χ0n) is 8.51. The molecule has 2 unspecified atom stereocenters. The molecule has 2 atom stereocenters. The maximum atomic E-state index is 9.66. The van der Waals surface area contributed by atoms with Gasteiger partial charge in [-0.25, -0.2) is 0 Å². The van der Waals surface area contributed by atoms with E-state index in [0.29, 0.717) is 11.1 Å². The van der Waals surface area contributed by atoms with Gasteiger partial charge in [0.05, 0.1) is 17.7 Å². The number of nitriles is 1. The van der Waals surface area contributed by atoms with Crippen molar-refractivity contribution in [2.75, 3.05) is 6.54 Å². The highest BCUT2D eigenvalue weighted by Crippen LogP contribution is 2.19. The molecule has 0 saturated carbocycles. The highest BCUT2D eigenvalue weighted by Gasteiger charge is 2.17. The number of rotatable bonds is 3. The molecule has 0 amide bonds. The van der Waals surface area contributed by atoms with E-state index in [1.54, 1.807) is 18.2 Å². The third kappa shape index (κ3) is 2.54. The van der Waals surface area contributed by atoms with Gasteiger partial charge in [0.25, 0.3) is 0 Å². The van der Waals surface area contributed by atoms with Crippen LogP contribution in [0.3, 0.4) is 0 Å². The second-order valence-corrected chi connectivity index (χ2v) is 3.43. The molecule has 80 valence electrons. The predicted octanol–water partition coefficient (Wildman–Crippen LogP) is 0.220. The van der Waals surface area contributed by atoms with E-state index < -0.39 is 12.2 Å². The van der Waals surface area contributed by atoms with Crippen molar-refractivity contribution in [1.82, 2.24) is 0 Å². The predicted molar refractivity (Wildman–Crippen MR) is 55.9 cm³/mol. The van der Waals surface area contributed by atoms with Gasteiger partial charge in [-0.05, 0) is 24.1 Å². The van der Waals surface area contributed by atoms with Gasteiger partial charge in [-0.15, -0.1) is 0 Å². The Bertz CT molecular complexity index is 385. The maximum absolute atomic E-state index is 9.66. The van der Waals surface area contributed by atoms with E-state index in [9.17, 15) is 10.2 Å². The lowest BCUT2D eigenvalue weighted by Gasteiger charge is -2.16. The average molecular weight is 206 g/mol. The standard InChI is InChI=1S/C11H14N2O2/c1-7-2-3-8(4-9(7)5-12)11(15)10(14)6-13/h2-4,10-11,14-15H,6,13H2,1H3. The van der Waals surface area contributed by atoms with E-state index in [1.165, 1.54) is 0 Å². The van der Waals surface area contributed by atoms with Gasteiger partial charge in [0.15, 0.2) is 0 Å². The van der Waals surface area contributed by atoms with Crippen LogP contribution in [0.2, 0.25) is 0 Å². The molecule has 15 heavy (non-hydrogen) atoms. The normalized spacial score (nSPS) is 14.3. The van der Waals surface area contributed by atoms with Gasteiger partial charge in [0, 0.05) is 6.54 Å². The minimum absolute atomic E-state index is 0.0169. The molecule has 1 aromatic carbocycles. The first-order chi connectivity index (χ1) is 7.10. The van der Waals surface area contributed by atoms with Crippen molar-refractivity contribution in [1.29, 1.82) is 5.26 Å². The lowest BCUT2D eigenvalue weighted by molar-refractivity contribution is 0.0243. The van der Waals surface area contributed by atoms with E-state index >= 15 is 0 Å². The summed E-state index contributed by atoms with van der Waals surface area (Å²) in [5, 5.41) is 27.8. The third-order valence-corrected chi connectivity index (χ3v) is 2.33. The number of aryl methyl sites for hydroxylation is 1. The second-order valence-electron chi connectivity index (χ2n) is 3.43. The summed E-state index contributed by atoms with van der Waals surface area (Å²) in [6.45, 7) is 1.80. The lowest BCUT2D eigenvalue weighted by Crippen LogP contribution is -2.27. The Balaban J connectivity index is 3.02. The summed E-state index contributed by atoms with van der Waals surface area (Å²) in [7, 11) is 0. The topological polar surface area (TPSA) is 90.3 Å². The molecule has 0 aliphatic rings. The summed E-state index contributed by atoms with van der Waals surface area (Å²) >= 11 is 0. The Morgan fingerprint density at radius 3 is 2.67 bits per heavy atom. The van der Waals surface area contributed by atoms with E-state index in [-0.39, 0.29) is 6.54 Å². The quantitative estimate of drug-likeness (QED) is 0.659. The van der Waals surface area contributed by atoms with E-state index in [0.717, 1.165) is 5.56 Å². The van der Waals surface area contributed by atoms with Crippen molar-refractivity contribution in [3.63, 3.8) is 0 Å². The molecule has 1 rings (SSSR count). The molecule has 4 N–H and O–H groups in total. The Morgan fingerprint density at radius 1 is 1.47 bits per heavy atom. The number of hydrogen-bond donors (Lipinski definition) is 3. The molecule has 0 aliphatic carbocycles. The molecule has 0 spiro atoms. The molecule has 0 radical (unpaired) electrons. The van der Waals surface area contributed by atoms with Crippen molar-refractivity contribution in [2.45, 2.75) is 19.1 Å². The Labute approximate surface area is 88.6 Å². The van der Waals surface area contributed by atoms with Crippen LogP contribution in [0.1, 0.15) is 22.8 Å². The van der Waals surface area contributed by atoms with Crippen LogP contribution in [0.5, 0.6) is 0 Å². The molecular formula is C11H14N2O2. The summed E-state index contributed by atoms with van der Waals surface area (Å²) in [5.41, 5.74) is 7.08. The van der Waals surface area contributed by atoms with Crippen LogP contribution in [0, 0.1) is 18.3 Å². The number of hydrogen-bond acceptors (Lipinski definition) is 4. The molecule has 0 bridgehead atoms. The summed E-state index contributed by atoms with van der Waals surface area (Å²) in [4.78, 5) is 0. The summed E-state index contributed by atoms with van der Waals surface area (Å²) in [6, 6.07) is 7.01. The minimum atomic E-state index is -1.04. The van der Waals surface area contributed by atoms with E-state index in [4.69, 9.17) is 11.0 Å². The molecule has 4 nitrogen and oxygen atoms in total. The van der Waals surface area contributed by atoms with Crippen LogP contribution >= 0.6 is 0 Å². The molecule has 4 heteroatoms. The van der Waals surface area contributed by atoms with E-state index in [1.807, 2.05) is 13.0 Å². The molecule has 0 aromatic heterocycles. The lowest BCUT2D eigenvalue weighted by atomic mass is 9.99. The van der Waals surface area contributed by atoms with Crippen molar-refractivity contribution < 1.29 is 10.2 Å². The van der Waals surface area contributed by atoms with Crippen LogP contribution in [0.15, 0.2) is 18.2 Å². The van der Waals surface area contributed by atoms with Crippen molar-refractivity contribution in [3.05, 3.63) is 34.9 Å². The highest BCUT2D eigenvalue weighted by atomic mass is 16.3. The SMILES string of the molecule is Cc1ccc(C(O)C(O)CN)cc1C#N. The van der Waals surface area contributed by atoms with Gasteiger partial charge < -0.3 is 15.9 Å². The molecule has 0 aliphatic heterocycles. The van der Waals surface area contributed by atoms with Gasteiger partial charge in [0.1, 0.15) is 6.10 Å². The first-order valence-corrected chi connectivity index (χ1v) is 4.67. The molecule has 0 saturated heterocycles. The van der Waals surface area contributed by atoms with Crippen LogP contribution in [0.4, 0.5) is 0 Å². The first-order valence-electron chi connectivity index (χ1n) is 4.67. The van der Waals surface area contributed by atoms with Gasteiger partial charge in [-0.3, -0.25) is 0 Å². The zero-order valence-corrected chi connectivity index (χ0v) is 8.51. The Morgan fingerprint density at radius 2 is 2.13 bits per heavy atom. The van der Waals surface area contributed by atoms with Crippen LogP contribution in [-0.4, -0.2) is 22.9 Å². The smallest absolute Gasteiger partial charge is 0.106 e. The first kappa shape index (κ1) is 11.7. The van der Waals surface area contributed by atoms with Crippen molar-refractivity contribution >= 4 is 0 Å². The fourth-order valence-electron chi connectivity index (χ4n) is 1.30. The van der Waals surface area contributed by atoms with Gasteiger partial charge in [-0.2, -0.15) is 5.26 Å². The molecule has 0 heterocycles. The summed E-state index contributed by atoms with van der Waals surface area (Å²) in [6.07, 6.45) is -2.04. The Kier molecular flexibility index (Phi) is 3.81. The fraction of sp³-hybridized carbons (Fsp3) is 0.364. The third-order valence-electron chi connectivity index (χ3n) is 2.33. The van der Waals surface area contributed by atoms with Crippen LogP contribution in [0.25, 0.3) is 0 Å². The van der Waals surface area contributed by atoms with Crippen molar-refractivity contribution in [2.24, 2.45) is 5.73 Å². The molecule has 0 fully saturated rings. The fourth-order valence-corrected chi connectivity index (χ4v) is 1.30. The van der Waals surface area contributed by atoms with Gasteiger partial charge in [-0.1, -0.05) is 12.1 Å². The number of nitrogens with two attached hydrogens (primary N) is 1. The maximum Gasteiger partial charge on any atom is 0.106 e. The number of aliphatic hydroxyl groups is 2. The average Bonchev–Trinajstić information content (AvgIpc) is 2.27. The monoisotopic (exact) mass is 206 g/mol. The minimum Gasteiger partial charge on any atom is -0.389 e.